The molecule has 2 fully saturated rings. The summed E-state index contributed by atoms with van der Waals surface area (Å²) in [5.74, 6) is -0.564. The van der Waals surface area contributed by atoms with Gasteiger partial charge in [0.1, 0.15) is 6.33 Å². The lowest BCUT2D eigenvalue weighted by atomic mass is 9.97. The van der Waals surface area contributed by atoms with Gasteiger partial charge in [0.25, 0.3) is 0 Å². The number of hydrogen-bond donors (Lipinski definition) is 1. The Balaban J connectivity index is 1.86. The lowest BCUT2D eigenvalue weighted by Crippen LogP contribution is -2.45. The van der Waals surface area contributed by atoms with Gasteiger partial charge in [-0.25, -0.2) is 9.97 Å². The van der Waals surface area contributed by atoms with Gasteiger partial charge in [-0.3, -0.25) is 14.9 Å². The van der Waals surface area contributed by atoms with Crippen molar-refractivity contribution in [3.05, 3.63) is 16.4 Å². The van der Waals surface area contributed by atoms with Crippen molar-refractivity contribution in [3.63, 3.8) is 0 Å². The number of anilines is 2. The van der Waals surface area contributed by atoms with Crippen LogP contribution < -0.4 is 9.80 Å². The summed E-state index contributed by atoms with van der Waals surface area (Å²) < 4.78 is 0. The number of likely N-dealkylation sites (N-methyl/N-ethyl adjacent to an activating group) is 1. The molecule has 10 nitrogen and oxygen atoms in total. The number of piperazine rings is 1. The second kappa shape index (κ2) is 7.18. The molecule has 2 aliphatic rings. The summed E-state index contributed by atoms with van der Waals surface area (Å²) in [4.78, 5) is 36.6. The Morgan fingerprint density at radius 1 is 1.12 bits per heavy atom. The van der Waals surface area contributed by atoms with Crippen LogP contribution in [0.5, 0.6) is 0 Å². The molecule has 2 aliphatic heterocycles. The van der Waals surface area contributed by atoms with Gasteiger partial charge >= 0.3 is 11.7 Å². The van der Waals surface area contributed by atoms with E-state index in [1.54, 1.807) is 4.90 Å². The predicted molar refractivity (Wildman–Crippen MR) is 91.0 cm³/mol. The van der Waals surface area contributed by atoms with Gasteiger partial charge in [0, 0.05) is 39.3 Å². The SMILES string of the molecule is CN1CCN(c2ncnc(N3CCC(C(=O)O)CC3)c2[N+](=O)[O-])CC1. The van der Waals surface area contributed by atoms with Gasteiger partial charge in [-0.15, -0.1) is 0 Å². The van der Waals surface area contributed by atoms with E-state index in [-0.39, 0.29) is 11.5 Å². The maximum atomic E-state index is 11.7. The zero-order valence-electron chi connectivity index (χ0n) is 14.2. The molecule has 0 spiro atoms. The molecule has 2 saturated heterocycles. The summed E-state index contributed by atoms with van der Waals surface area (Å²) in [7, 11) is 2.02. The van der Waals surface area contributed by atoms with Crippen molar-refractivity contribution in [2.45, 2.75) is 12.8 Å². The summed E-state index contributed by atoms with van der Waals surface area (Å²) in [5.41, 5.74) is -0.0826. The molecule has 1 N–H and O–H groups in total. The molecule has 0 aliphatic carbocycles. The normalized spacial score (nSPS) is 19.9. The monoisotopic (exact) mass is 350 g/mol. The number of carboxylic acids is 1. The third-order valence-corrected chi connectivity index (χ3v) is 4.91. The van der Waals surface area contributed by atoms with Crippen LogP contribution in [0.25, 0.3) is 0 Å². The lowest BCUT2D eigenvalue weighted by Gasteiger charge is -2.34. The Bertz CT molecular complexity index is 653. The second-order valence-electron chi connectivity index (χ2n) is 6.52. The van der Waals surface area contributed by atoms with Gasteiger partial charge in [0.2, 0.25) is 11.6 Å². The highest BCUT2D eigenvalue weighted by atomic mass is 16.6. The molecule has 136 valence electrons. The molecule has 1 aromatic heterocycles. The van der Waals surface area contributed by atoms with E-state index in [9.17, 15) is 14.9 Å². The number of aromatic nitrogens is 2. The van der Waals surface area contributed by atoms with Crippen molar-refractivity contribution in [1.29, 1.82) is 0 Å². The molecule has 0 saturated carbocycles. The first-order valence-electron chi connectivity index (χ1n) is 8.38. The molecular formula is C15H22N6O4. The number of rotatable bonds is 4. The number of piperidine rings is 1. The van der Waals surface area contributed by atoms with Crippen LogP contribution in [0.1, 0.15) is 12.8 Å². The predicted octanol–water partition coefficient (Wildman–Crippen LogP) is 0.438. The Morgan fingerprint density at radius 3 is 2.12 bits per heavy atom. The summed E-state index contributed by atoms with van der Waals surface area (Å²) in [6.07, 6.45) is 2.28. The first-order valence-corrected chi connectivity index (χ1v) is 8.38. The summed E-state index contributed by atoms with van der Waals surface area (Å²) in [6.45, 7) is 3.87. The van der Waals surface area contributed by atoms with Gasteiger partial charge in [0.05, 0.1) is 10.8 Å². The average molecular weight is 350 g/mol. The zero-order valence-corrected chi connectivity index (χ0v) is 14.2. The fraction of sp³-hybridized carbons (Fsp3) is 0.667. The number of hydrogen-bond acceptors (Lipinski definition) is 8. The van der Waals surface area contributed by atoms with Crippen molar-refractivity contribution in [3.8, 4) is 0 Å². The fourth-order valence-corrected chi connectivity index (χ4v) is 3.34. The summed E-state index contributed by atoms with van der Waals surface area (Å²) >= 11 is 0. The molecule has 3 heterocycles. The van der Waals surface area contributed by atoms with Crippen molar-refractivity contribution >= 4 is 23.3 Å². The van der Waals surface area contributed by atoms with E-state index < -0.39 is 16.8 Å². The Labute approximate surface area is 145 Å². The van der Waals surface area contributed by atoms with Crippen molar-refractivity contribution in [2.24, 2.45) is 5.92 Å². The van der Waals surface area contributed by atoms with Crippen molar-refractivity contribution in [2.75, 3.05) is 56.1 Å². The van der Waals surface area contributed by atoms with Gasteiger partial charge in [-0.1, -0.05) is 0 Å². The van der Waals surface area contributed by atoms with Crippen molar-refractivity contribution in [1.82, 2.24) is 14.9 Å². The smallest absolute Gasteiger partial charge is 0.353 e. The van der Waals surface area contributed by atoms with Crippen LogP contribution >= 0.6 is 0 Å². The molecule has 0 radical (unpaired) electrons. The van der Waals surface area contributed by atoms with Gasteiger partial charge in [0.15, 0.2) is 0 Å². The first-order chi connectivity index (χ1) is 12.0. The molecule has 0 aromatic carbocycles. The molecule has 0 amide bonds. The quantitative estimate of drug-likeness (QED) is 0.609. The largest absolute Gasteiger partial charge is 0.481 e. The molecule has 3 rings (SSSR count). The van der Waals surface area contributed by atoms with Crippen molar-refractivity contribution < 1.29 is 14.8 Å². The first kappa shape index (κ1) is 17.3. The van der Waals surface area contributed by atoms with Gasteiger partial charge in [-0.2, -0.15) is 0 Å². The molecule has 25 heavy (non-hydrogen) atoms. The number of nitrogens with zero attached hydrogens (tertiary/aromatic N) is 6. The summed E-state index contributed by atoms with van der Waals surface area (Å²) in [5, 5.41) is 20.8. The minimum Gasteiger partial charge on any atom is -0.481 e. The van der Waals surface area contributed by atoms with Gasteiger partial charge < -0.3 is 19.8 Å². The maximum absolute atomic E-state index is 11.7. The van der Waals surface area contributed by atoms with E-state index in [2.05, 4.69) is 14.9 Å². The van der Waals surface area contributed by atoms with Gasteiger partial charge in [-0.05, 0) is 19.9 Å². The maximum Gasteiger partial charge on any atom is 0.353 e. The highest BCUT2D eigenvalue weighted by molar-refractivity contribution is 5.73. The highest BCUT2D eigenvalue weighted by Crippen LogP contribution is 2.36. The Kier molecular flexibility index (Phi) is 4.98. The second-order valence-corrected chi connectivity index (χ2v) is 6.52. The number of carboxylic acid groups (broad SMARTS) is 1. The van der Waals surface area contributed by atoms with Crippen LogP contribution in [-0.2, 0) is 4.79 Å². The molecule has 0 bridgehead atoms. The van der Waals surface area contributed by atoms with E-state index in [1.807, 2.05) is 11.9 Å². The molecule has 0 atom stereocenters. The average Bonchev–Trinajstić information content (AvgIpc) is 2.61. The lowest BCUT2D eigenvalue weighted by molar-refractivity contribution is -0.383. The third-order valence-electron chi connectivity index (χ3n) is 4.91. The Hall–Kier alpha value is -2.49. The van der Waals surface area contributed by atoms with E-state index in [0.717, 1.165) is 13.1 Å². The Morgan fingerprint density at radius 2 is 1.64 bits per heavy atom. The minimum atomic E-state index is -0.810. The highest BCUT2D eigenvalue weighted by Gasteiger charge is 2.33. The van der Waals surface area contributed by atoms with E-state index >= 15 is 0 Å². The number of aliphatic carboxylic acids is 1. The molecule has 10 heteroatoms. The van der Waals surface area contributed by atoms with Crippen LogP contribution in [-0.4, -0.2) is 77.2 Å². The van der Waals surface area contributed by atoms with Crippen LogP contribution in [0.15, 0.2) is 6.33 Å². The van der Waals surface area contributed by atoms with Crippen LogP contribution in [0, 0.1) is 16.0 Å². The van der Waals surface area contributed by atoms with Crippen LogP contribution in [0.3, 0.4) is 0 Å². The zero-order chi connectivity index (χ0) is 18.0. The van der Waals surface area contributed by atoms with E-state index in [0.29, 0.717) is 44.8 Å². The molecular weight excluding hydrogens is 328 g/mol. The fourth-order valence-electron chi connectivity index (χ4n) is 3.34. The third kappa shape index (κ3) is 3.63. The summed E-state index contributed by atoms with van der Waals surface area (Å²) in [6, 6.07) is 0. The standard InChI is InChI=1S/C15H22N6O4/c1-18-6-8-20(9-7-18)14-12(21(24)25)13(16-10-17-14)19-4-2-11(3-5-19)15(22)23/h10-11H,2-9H2,1H3,(H,22,23). The molecule has 1 aromatic rings. The topological polar surface area (TPSA) is 116 Å². The number of carbonyl (C=O) groups is 1. The van der Waals surface area contributed by atoms with E-state index in [1.165, 1.54) is 6.33 Å². The van der Waals surface area contributed by atoms with E-state index in [4.69, 9.17) is 5.11 Å². The number of nitro groups is 1. The molecule has 0 unspecified atom stereocenters. The van der Waals surface area contributed by atoms with Crippen LogP contribution in [0.4, 0.5) is 17.3 Å². The van der Waals surface area contributed by atoms with Crippen LogP contribution in [0.2, 0.25) is 0 Å². The minimum absolute atomic E-state index is 0.0826.